The van der Waals surface area contributed by atoms with E-state index < -0.39 is 20.0 Å². The Balaban J connectivity index is 3.93. The number of carbonyl (C=O) groups excluding carboxylic acids is 1. The highest BCUT2D eigenvalue weighted by atomic mass is 31.2. The van der Waals surface area contributed by atoms with Crippen LogP contribution in [0.4, 0.5) is 0 Å². The van der Waals surface area contributed by atoms with Gasteiger partial charge in [-0.15, -0.1) is 0 Å². The maximum atomic E-state index is 13.1. The first-order valence-corrected chi connectivity index (χ1v) is 42.0. The smallest absolute Gasteiger partial charge is 0.387 e. The molecule has 91 heavy (non-hydrogen) atoms. The molecular weight excluding hydrogens is 1140 g/mol. The molecule has 0 saturated carbocycles. The predicted molar refractivity (Wildman–Crippen MR) is 401 cm³/mol. The van der Waals surface area contributed by atoms with E-state index in [2.05, 4.69) is 55.6 Å². The van der Waals surface area contributed by atoms with E-state index in [0.29, 0.717) is 17.4 Å². The average Bonchev–Trinajstić information content (AvgIpc) is 3.59. The van der Waals surface area contributed by atoms with E-state index in [1.165, 1.54) is 353 Å². The van der Waals surface area contributed by atoms with Gasteiger partial charge in [0, 0.05) is 6.42 Å². The Kier molecular flexibility index (Phi) is 71.5. The zero-order valence-electron chi connectivity index (χ0n) is 61.9. The number of likely N-dealkylation sites (N-methyl/N-ethyl adjacent to an activating group) is 1. The zero-order chi connectivity index (χ0) is 66.2. The molecule has 0 heterocycles. The Labute approximate surface area is 569 Å². The monoisotopic (exact) mass is 1300 g/mol. The largest absolute Gasteiger partial charge is 0.472 e. The lowest BCUT2D eigenvalue weighted by molar-refractivity contribution is -0.870. The number of rotatable bonds is 76. The van der Waals surface area contributed by atoms with Gasteiger partial charge in [-0.05, 0) is 64.2 Å². The fourth-order valence-corrected chi connectivity index (χ4v) is 13.2. The summed E-state index contributed by atoms with van der Waals surface area (Å²) in [6, 6.07) is -0.864. The Morgan fingerprint density at radius 3 is 0.945 bits per heavy atom. The minimum atomic E-state index is -4.36. The molecule has 0 aliphatic heterocycles. The van der Waals surface area contributed by atoms with Gasteiger partial charge in [0.15, 0.2) is 0 Å². The minimum absolute atomic E-state index is 0.0581. The van der Waals surface area contributed by atoms with E-state index in [-0.39, 0.29) is 19.1 Å². The van der Waals surface area contributed by atoms with Crippen LogP contribution in [0.5, 0.6) is 0 Å². The second kappa shape index (κ2) is 72.7. The molecule has 0 aromatic rings. The molecule has 0 radical (unpaired) electrons. The van der Waals surface area contributed by atoms with Crippen LogP contribution in [0.15, 0.2) is 48.6 Å². The number of carbonyl (C=O) groups is 1. The van der Waals surface area contributed by atoms with Crippen LogP contribution in [0.3, 0.4) is 0 Å². The van der Waals surface area contributed by atoms with Gasteiger partial charge in [0.1, 0.15) is 13.2 Å². The van der Waals surface area contributed by atoms with Gasteiger partial charge in [-0.2, -0.15) is 0 Å². The van der Waals surface area contributed by atoms with Gasteiger partial charge >= 0.3 is 7.82 Å². The first kappa shape index (κ1) is 89.5. The maximum Gasteiger partial charge on any atom is 0.472 e. The summed E-state index contributed by atoms with van der Waals surface area (Å²) in [6.45, 7) is 4.85. The normalized spacial score (nSPS) is 13.7. The lowest BCUT2D eigenvalue weighted by Gasteiger charge is -2.25. The summed E-state index contributed by atoms with van der Waals surface area (Å²) in [6.07, 6.45) is 100. The summed E-state index contributed by atoms with van der Waals surface area (Å²) in [5.41, 5.74) is 0. The van der Waals surface area contributed by atoms with Crippen LogP contribution in [-0.4, -0.2) is 73.4 Å². The van der Waals surface area contributed by atoms with E-state index in [1.54, 1.807) is 6.08 Å². The molecule has 538 valence electrons. The Morgan fingerprint density at radius 1 is 0.374 bits per heavy atom. The highest BCUT2D eigenvalue weighted by molar-refractivity contribution is 7.47. The highest BCUT2D eigenvalue weighted by Gasteiger charge is 2.28. The van der Waals surface area contributed by atoms with Crippen molar-refractivity contribution in [2.24, 2.45) is 0 Å². The number of amides is 1. The van der Waals surface area contributed by atoms with Crippen LogP contribution < -0.4 is 5.32 Å². The number of aliphatic hydroxyl groups excluding tert-OH is 1. The molecule has 0 fully saturated rings. The number of nitrogens with zero attached hydrogens (tertiary/aromatic N) is 1. The van der Waals surface area contributed by atoms with E-state index >= 15 is 0 Å². The van der Waals surface area contributed by atoms with Gasteiger partial charge in [0.2, 0.25) is 5.91 Å². The lowest BCUT2D eigenvalue weighted by atomic mass is 10.0. The summed E-state index contributed by atoms with van der Waals surface area (Å²) in [5.74, 6) is -0.178. The molecule has 0 aromatic heterocycles. The Morgan fingerprint density at radius 2 is 0.637 bits per heavy atom. The molecule has 3 N–H and O–H groups in total. The quantitative estimate of drug-likeness (QED) is 0.0243. The predicted octanol–water partition coefficient (Wildman–Crippen LogP) is 26.5. The first-order chi connectivity index (χ1) is 44.5. The van der Waals surface area contributed by atoms with Gasteiger partial charge < -0.3 is 19.8 Å². The van der Waals surface area contributed by atoms with Crippen LogP contribution in [0.2, 0.25) is 0 Å². The topological polar surface area (TPSA) is 105 Å². The van der Waals surface area contributed by atoms with E-state index in [4.69, 9.17) is 9.05 Å². The van der Waals surface area contributed by atoms with Crippen LogP contribution in [0, 0.1) is 0 Å². The molecule has 3 atom stereocenters. The minimum Gasteiger partial charge on any atom is -0.387 e. The second-order valence-electron chi connectivity index (χ2n) is 29.1. The second-order valence-corrected chi connectivity index (χ2v) is 30.6. The van der Waals surface area contributed by atoms with Crippen molar-refractivity contribution in [2.45, 2.75) is 431 Å². The first-order valence-electron chi connectivity index (χ1n) is 40.5. The van der Waals surface area contributed by atoms with Crippen LogP contribution in [-0.2, 0) is 18.4 Å². The summed E-state index contributed by atoms with van der Waals surface area (Å²) in [5, 5.41) is 14.0. The number of allylic oxidation sites excluding steroid dienone is 7. The van der Waals surface area contributed by atoms with Gasteiger partial charge in [-0.3, -0.25) is 13.8 Å². The number of unbranched alkanes of at least 4 members (excludes halogenated alkanes) is 57. The van der Waals surface area contributed by atoms with Crippen molar-refractivity contribution in [3.63, 3.8) is 0 Å². The molecule has 8 nitrogen and oxygen atoms in total. The molecule has 0 aliphatic rings. The van der Waals surface area contributed by atoms with Crippen molar-refractivity contribution in [2.75, 3.05) is 40.9 Å². The maximum absolute atomic E-state index is 13.1. The summed E-state index contributed by atoms with van der Waals surface area (Å²) < 4.78 is 23.9. The number of quaternary nitrogens is 1. The molecular formula is C82H160N2O6P+. The lowest BCUT2D eigenvalue weighted by Crippen LogP contribution is -2.45. The van der Waals surface area contributed by atoms with E-state index in [9.17, 15) is 19.4 Å². The number of phosphoric acid groups is 1. The number of hydrogen-bond donors (Lipinski definition) is 3. The molecule has 0 saturated heterocycles. The van der Waals surface area contributed by atoms with Gasteiger partial charge in [-0.25, -0.2) is 4.57 Å². The average molecular weight is 1300 g/mol. The van der Waals surface area contributed by atoms with Gasteiger partial charge in [-0.1, -0.05) is 396 Å². The zero-order valence-corrected chi connectivity index (χ0v) is 62.8. The van der Waals surface area contributed by atoms with Crippen molar-refractivity contribution >= 4 is 13.7 Å². The standard InChI is InChI=1S/C82H159N2O6P/c1-6-8-10-12-14-16-18-20-22-24-26-28-30-32-34-36-37-38-39-40-41-42-43-44-45-46-47-48-50-52-54-56-58-60-62-64-66-68-70-72-74-76-82(86)83-80(79-90-91(87,88)89-78-77-84(3,4)5)81(85)75-73-71-69-67-65-63-61-59-57-55-53-51-49-35-33-31-29-27-25-23-21-19-17-15-13-11-9-7-2/h18,20,24,26,65,67,73,75,80-81,85H,6-17,19,21-23,25,27-64,66,68-72,74,76-79H2,1-5H3,(H-,83,86,87,88)/p+1/b20-18-,26-24-,67-65+,75-73+. The highest BCUT2D eigenvalue weighted by Crippen LogP contribution is 2.43. The van der Waals surface area contributed by atoms with E-state index in [0.717, 1.165) is 44.9 Å². The molecule has 0 spiro atoms. The molecule has 3 unspecified atom stereocenters. The summed E-state index contributed by atoms with van der Waals surface area (Å²) in [4.78, 5) is 23.5. The fourth-order valence-electron chi connectivity index (χ4n) is 12.5. The number of aliphatic hydroxyl groups is 1. The molecule has 0 aliphatic carbocycles. The van der Waals surface area contributed by atoms with Gasteiger partial charge in [0.05, 0.1) is 39.9 Å². The van der Waals surface area contributed by atoms with Crippen LogP contribution >= 0.6 is 7.82 Å². The Bertz CT molecular complexity index is 1630. The number of nitrogens with one attached hydrogen (secondary N) is 1. The number of hydrogen-bond acceptors (Lipinski definition) is 5. The van der Waals surface area contributed by atoms with Gasteiger partial charge in [0.25, 0.3) is 0 Å². The van der Waals surface area contributed by atoms with E-state index in [1.807, 2.05) is 27.2 Å². The third-order valence-corrected chi connectivity index (χ3v) is 19.8. The third kappa shape index (κ3) is 75.7. The molecule has 1 amide bonds. The van der Waals surface area contributed by atoms with Crippen LogP contribution in [0.25, 0.3) is 0 Å². The van der Waals surface area contributed by atoms with Crippen molar-refractivity contribution in [1.29, 1.82) is 0 Å². The summed E-state index contributed by atoms with van der Waals surface area (Å²) in [7, 11) is 1.57. The molecule has 0 bridgehead atoms. The molecule has 9 heteroatoms. The number of phosphoric ester groups is 1. The van der Waals surface area contributed by atoms with Crippen molar-refractivity contribution in [3.05, 3.63) is 48.6 Å². The fraction of sp³-hybridized carbons (Fsp3) is 0.890. The van der Waals surface area contributed by atoms with Crippen molar-refractivity contribution in [1.82, 2.24) is 5.32 Å². The molecule has 0 rings (SSSR count). The molecule has 0 aromatic carbocycles. The Hall–Kier alpha value is -1.54. The van der Waals surface area contributed by atoms with Crippen molar-refractivity contribution in [3.8, 4) is 0 Å². The van der Waals surface area contributed by atoms with Crippen LogP contribution in [0.1, 0.15) is 418 Å². The third-order valence-electron chi connectivity index (χ3n) is 18.8. The SMILES string of the molecule is CCCCCCC/C=C\C/C=C\CCCCCCCCCCCCCCCCCCCCCCCCCCCCCCCC(=O)NC(COP(=O)(O)OCC[N+](C)(C)C)C(O)/C=C/CC/C=C/CCCCCCCCCCCCCCCCCCCCCCCC. The summed E-state index contributed by atoms with van der Waals surface area (Å²) >= 11 is 0. The van der Waals surface area contributed by atoms with Crippen molar-refractivity contribution < 1.29 is 32.9 Å².